The molecule has 1 aromatic carbocycles. The first-order chi connectivity index (χ1) is 11.4. The smallest absolute Gasteiger partial charge is 0.211 e. The van der Waals surface area contributed by atoms with Crippen LogP contribution in [-0.4, -0.2) is 49.6 Å². The van der Waals surface area contributed by atoms with Crippen LogP contribution in [0.1, 0.15) is 25.3 Å². The van der Waals surface area contributed by atoms with Crippen LogP contribution in [0.5, 0.6) is 0 Å². The summed E-state index contributed by atoms with van der Waals surface area (Å²) in [5.74, 6) is 0. The Labute approximate surface area is 144 Å². The Balaban J connectivity index is 1.82. The van der Waals surface area contributed by atoms with Crippen LogP contribution in [0.25, 0.3) is 10.9 Å². The molecule has 1 aliphatic heterocycles. The maximum absolute atomic E-state index is 11.9. The minimum atomic E-state index is -3.13. The highest BCUT2D eigenvalue weighted by Crippen LogP contribution is 2.30. The van der Waals surface area contributed by atoms with E-state index in [1.807, 2.05) is 13.1 Å². The molecule has 0 aliphatic carbocycles. The van der Waals surface area contributed by atoms with Gasteiger partial charge in [-0.3, -0.25) is 4.98 Å². The van der Waals surface area contributed by atoms with Crippen LogP contribution >= 0.6 is 0 Å². The minimum absolute atomic E-state index is 0.107. The first kappa shape index (κ1) is 17.2. The van der Waals surface area contributed by atoms with Gasteiger partial charge in [0, 0.05) is 42.9 Å². The number of nitrogens with zero attached hydrogens (tertiary/aromatic N) is 3. The number of aromatic nitrogens is 1. The molecule has 24 heavy (non-hydrogen) atoms. The quantitative estimate of drug-likeness (QED) is 0.853. The number of anilines is 1. The number of sulfonamides is 1. The molecule has 1 aromatic heterocycles. The number of fused-ring (bicyclic) bond motifs is 1. The lowest BCUT2D eigenvalue weighted by Crippen LogP contribution is -2.47. The van der Waals surface area contributed by atoms with Crippen molar-refractivity contribution >= 4 is 26.6 Å². The van der Waals surface area contributed by atoms with Gasteiger partial charge < -0.3 is 4.90 Å². The van der Waals surface area contributed by atoms with Crippen LogP contribution in [0.3, 0.4) is 0 Å². The fourth-order valence-electron chi connectivity index (χ4n) is 3.74. The van der Waals surface area contributed by atoms with E-state index in [-0.39, 0.29) is 6.04 Å². The molecule has 0 spiro atoms. The van der Waals surface area contributed by atoms with Crippen molar-refractivity contribution in [2.45, 2.75) is 32.7 Å². The van der Waals surface area contributed by atoms with E-state index in [9.17, 15) is 8.42 Å². The SMILES string of the molecule is CCN(C1CCN(c2ccnc3c(C)cccc23)CC1)S(C)(=O)=O. The highest BCUT2D eigenvalue weighted by atomic mass is 32.2. The average Bonchev–Trinajstić information content (AvgIpc) is 2.55. The molecule has 1 fully saturated rings. The standard InChI is InChI=1S/C18H25N3O2S/c1-4-21(24(3,22)23)15-9-12-20(13-10-15)17-8-11-19-18-14(2)6-5-7-16(17)18/h5-8,11,15H,4,9-10,12-13H2,1-3H3. The summed E-state index contributed by atoms with van der Waals surface area (Å²) in [7, 11) is -3.13. The Morgan fingerprint density at radius 3 is 2.58 bits per heavy atom. The van der Waals surface area contributed by atoms with Crippen molar-refractivity contribution in [1.82, 2.24) is 9.29 Å². The molecule has 6 heteroatoms. The Kier molecular flexibility index (Phi) is 4.78. The second-order valence-electron chi connectivity index (χ2n) is 6.49. The van der Waals surface area contributed by atoms with Gasteiger partial charge in [0.1, 0.15) is 0 Å². The zero-order chi connectivity index (χ0) is 17.3. The van der Waals surface area contributed by atoms with Crippen LogP contribution in [0.15, 0.2) is 30.5 Å². The number of para-hydroxylation sites is 1. The van der Waals surface area contributed by atoms with E-state index < -0.39 is 10.0 Å². The summed E-state index contributed by atoms with van der Waals surface area (Å²) in [6.45, 7) is 6.26. The predicted molar refractivity (Wildman–Crippen MR) is 98.9 cm³/mol. The Morgan fingerprint density at radius 1 is 1.25 bits per heavy atom. The molecule has 0 amide bonds. The van der Waals surface area contributed by atoms with Gasteiger partial charge in [-0.15, -0.1) is 0 Å². The van der Waals surface area contributed by atoms with Gasteiger partial charge in [0.25, 0.3) is 0 Å². The first-order valence-corrected chi connectivity index (χ1v) is 10.3. The van der Waals surface area contributed by atoms with Crippen molar-refractivity contribution in [3.05, 3.63) is 36.0 Å². The number of aryl methyl sites for hydroxylation is 1. The normalized spacial score (nSPS) is 16.9. The molecule has 2 aromatic rings. The van der Waals surface area contributed by atoms with E-state index in [2.05, 4.69) is 41.1 Å². The largest absolute Gasteiger partial charge is 0.371 e. The Morgan fingerprint density at radius 2 is 1.96 bits per heavy atom. The molecule has 0 bridgehead atoms. The third kappa shape index (κ3) is 3.26. The molecule has 5 nitrogen and oxygen atoms in total. The molecule has 0 radical (unpaired) electrons. The summed E-state index contributed by atoms with van der Waals surface area (Å²) in [6, 6.07) is 8.44. The van der Waals surface area contributed by atoms with Crippen molar-refractivity contribution < 1.29 is 8.42 Å². The second kappa shape index (κ2) is 6.69. The second-order valence-corrected chi connectivity index (χ2v) is 8.42. The van der Waals surface area contributed by atoms with Gasteiger partial charge in [-0.05, 0) is 31.4 Å². The number of piperidine rings is 1. The number of benzene rings is 1. The number of hydrogen-bond acceptors (Lipinski definition) is 4. The van der Waals surface area contributed by atoms with Crippen molar-refractivity contribution in [3.8, 4) is 0 Å². The van der Waals surface area contributed by atoms with E-state index in [1.165, 1.54) is 22.9 Å². The monoisotopic (exact) mass is 347 g/mol. The molecule has 130 valence electrons. The number of pyridine rings is 1. The average molecular weight is 347 g/mol. The highest BCUT2D eigenvalue weighted by molar-refractivity contribution is 7.88. The molecular formula is C18H25N3O2S. The zero-order valence-electron chi connectivity index (χ0n) is 14.6. The fraction of sp³-hybridized carbons (Fsp3) is 0.500. The van der Waals surface area contributed by atoms with Crippen LogP contribution in [0, 0.1) is 6.92 Å². The van der Waals surface area contributed by atoms with E-state index in [1.54, 1.807) is 4.31 Å². The molecule has 0 atom stereocenters. The lowest BCUT2D eigenvalue weighted by Gasteiger charge is -2.38. The van der Waals surface area contributed by atoms with E-state index in [0.29, 0.717) is 6.54 Å². The molecule has 3 rings (SSSR count). The summed E-state index contributed by atoms with van der Waals surface area (Å²) >= 11 is 0. The van der Waals surface area contributed by atoms with Crippen LogP contribution in [0.4, 0.5) is 5.69 Å². The fourth-order valence-corrected chi connectivity index (χ4v) is 4.96. The topological polar surface area (TPSA) is 53.5 Å². The van der Waals surface area contributed by atoms with E-state index in [4.69, 9.17) is 0 Å². The molecule has 2 heterocycles. The Bertz CT molecular complexity index is 827. The van der Waals surface area contributed by atoms with E-state index >= 15 is 0 Å². The summed E-state index contributed by atoms with van der Waals surface area (Å²) in [5.41, 5.74) is 3.42. The summed E-state index contributed by atoms with van der Waals surface area (Å²) in [4.78, 5) is 6.87. The lowest BCUT2D eigenvalue weighted by atomic mass is 10.0. The van der Waals surface area contributed by atoms with Crippen molar-refractivity contribution in [2.24, 2.45) is 0 Å². The van der Waals surface area contributed by atoms with Crippen LogP contribution in [-0.2, 0) is 10.0 Å². The first-order valence-electron chi connectivity index (χ1n) is 8.48. The molecule has 0 unspecified atom stereocenters. The summed E-state index contributed by atoms with van der Waals surface area (Å²) in [6.07, 6.45) is 4.89. The third-order valence-electron chi connectivity index (χ3n) is 4.90. The predicted octanol–water partition coefficient (Wildman–Crippen LogP) is 2.79. The van der Waals surface area contributed by atoms with Crippen molar-refractivity contribution in [3.63, 3.8) is 0 Å². The maximum atomic E-state index is 11.9. The van der Waals surface area contributed by atoms with Gasteiger partial charge in [0.05, 0.1) is 11.8 Å². The zero-order valence-corrected chi connectivity index (χ0v) is 15.4. The van der Waals surface area contributed by atoms with Gasteiger partial charge in [-0.25, -0.2) is 8.42 Å². The van der Waals surface area contributed by atoms with Gasteiger partial charge in [0.2, 0.25) is 10.0 Å². The molecule has 1 saturated heterocycles. The summed E-state index contributed by atoms with van der Waals surface area (Å²) < 4.78 is 25.5. The molecule has 1 aliphatic rings. The molecule has 0 N–H and O–H groups in total. The van der Waals surface area contributed by atoms with Crippen molar-refractivity contribution in [1.29, 1.82) is 0 Å². The van der Waals surface area contributed by atoms with Crippen molar-refractivity contribution in [2.75, 3.05) is 30.8 Å². The van der Waals surface area contributed by atoms with E-state index in [0.717, 1.165) is 31.4 Å². The number of rotatable bonds is 4. The van der Waals surface area contributed by atoms with Gasteiger partial charge in [-0.1, -0.05) is 25.1 Å². The molecule has 0 saturated carbocycles. The van der Waals surface area contributed by atoms with Gasteiger partial charge in [-0.2, -0.15) is 4.31 Å². The molecular weight excluding hydrogens is 322 g/mol. The van der Waals surface area contributed by atoms with Crippen LogP contribution in [0.2, 0.25) is 0 Å². The highest BCUT2D eigenvalue weighted by Gasteiger charge is 2.29. The third-order valence-corrected chi connectivity index (χ3v) is 6.31. The Hall–Kier alpha value is -1.66. The lowest BCUT2D eigenvalue weighted by molar-refractivity contribution is 0.285. The summed E-state index contributed by atoms with van der Waals surface area (Å²) in [5, 5.41) is 1.17. The minimum Gasteiger partial charge on any atom is -0.371 e. The van der Waals surface area contributed by atoms with Gasteiger partial charge >= 0.3 is 0 Å². The van der Waals surface area contributed by atoms with Gasteiger partial charge in [0.15, 0.2) is 0 Å². The number of hydrogen-bond donors (Lipinski definition) is 0. The van der Waals surface area contributed by atoms with Crippen LogP contribution < -0.4 is 4.90 Å². The maximum Gasteiger partial charge on any atom is 0.211 e.